The minimum absolute atomic E-state index is 0.204. The Morgan fingerprint density at radius 1 is 1.50 bits per heavy atom. The van der Waals surface area contributed by atoms with Crippen LogP contribution < -0.4 is 5.32 Å². The summed E-state index contributed by atoms with van der Waals surface area (Å²) in [7, 11) is 3.47. The minimum Gasteiger partial charge on any atom is -0.468 e. The first-order chi connectivity index (χ1) is 7.41. The molecule has 0 spiro atoms. The van der Waals surface area contributed by atoms with Crippen LogP contribution in [0.25, 0.3) is 0 Å². The van der Waals surface area contributed by atoms with Gasteiger partial charge in [0.2, 0.25) is 0 Å². The van der Waals surface area contributed by atoms with Crippen molar-refractivity contribution in [3.05, 3.63) is 0 Å². The number of carbonyl (C=O) groups is 1. The first-order valence-electron chi connectivity index (χ1n) is 5.95. The molecule has 0 radical (unpaired) electrons. The fourth-order valence-electron chi connectivity index (χ4n) is 1.77. The molecular formula is C12H26N2O2. The molecule has 0 aromatic carbocycles. The molecule has 4 heteroatoms. The van der Waals surface area contributed by atoms with E-state index in [2.05, 4.69) is 24.1 Å². The lowest BCUT2D eigenvalue weighted by Gasteiger charge is -2.34. The van der Waals surface area contributed by atoms with Crippen LogP contribution in [0.1, 0.15) is 34.1 Å². The number of ether oxygens (including phenoxy) is 1. The standard InChI is InChI=1S/C12H26N2O2/c1-7-10(3)14(5)9-12(4,13-8-2)11(15)16-6/h10,13H,7-9H2,1-6H3. The molecule has 1 N–H and O–H groups in total. The lowest BCUT2D eigenvalue weighted by Crippen LogP contribution is -2.57. The van der Waals surface area contributed by atoms with Crippen LogP contribution in [0.2, 0.25) is 0 Å². The van der Waals surface area contributed by atoms with E-state index in [-0.39, 0.29) is 5.97 Å². The van der Waals surface area contributed by atoms with E-state index in [1.165, 1.54) is 7.11 Å². The first kappa shape index (κ1) is 15.4. The fraction of sp³-hybridized carbons (Fsp3) is 0.917. The van der Waals surface area contributed by atoms with Gasteiger partial charge in [0.25, 0.3) is 0 Å². The zero-order valence-corrected chi connectivity index (χ0v) is 11.5. The lowest BCUT2D eigenvalue weighted by atomic mass is 10.0. The summed E-state index contributed by atoms with van der Waals surface area (Å²) in [6, 6.07) is 0.461. The molecular weight excluding hydrogens is 204 g/mol. The smallest absolute Gasteiger partial charge is 0.327 e. The highest BCUT2D eigenvalue weighted by molar-refractivity contribution is 5.80. The molecule has 0 saturated carbocycles. The number of nitrogens with zero attached hydrogens (tertiary/aromatic N) is 1. The molecule has 4 nitrogen and oxygen atoms in total. The molecule has 0 rings (SSSR count). The monoisotopic (exact) mass is 230 g/mol. The van der Waals surface area contributed by atoms with E-state index in [1.807, 2.05) is 20.9 Å². The number of methoxy groups -OCH3 is 1. The van der Waals surface area contributed by atoms with Crippen molar-refractivity contribution in [2.24, 2.45) is 0 Å². The number of hydrogen-bond acceptors (Lipinski definition) is 4. The average Bonchev–Trinajstić information content (AvgIpc) is 2.26. The average molecular weight is 230 g/mol. The van der Waals surface area contributed by atoms with E-state index in [4.69, 9.17) is 4.74 Å². The topological polar surface area (TPSA) is 41.6 Å². The van der Waals surface area contributed by atoms with Gasteiger partial charge in [-0.05, 0) is 33.9 Å². The van der Waals surface area contributed by atoms with Crippen LogP contribution in [-0.2, 0) is 9.53 Å². The van der Waals surface area contributed by atoms with Gasteiger partial charge in [0.15, 0.2) is 0 Å². The molecule has 0 fully saturated rings. The largest absolute Gasteiger partial charge is 0.468 e. The maximum atomic E-state index is 11.8. The molecule has 0 aliphatic rings. The summed E-state index contributed by atoms with van der Waals surface area (Å²) in [5.41, 5.74) is -0.623. The van der Waals surface area contributed by atoms with E-state index in [0.717, 1.165) is 13.0 Å². The Kier molecular flexibility index (Phi) is 6.60. The van der Waals surface area contributed by atoms with Gasteiger partial charge in [0.05, 0.1) is 7.11 Å². The van der Waals surface area contributed by atoms with Crippen LogP contribution in [0.5, 0.6) is 0 Å². The molecule has 2 atom stereocenters. The highest BCUT2D eigenvalue weighted by Crippen LogP contribution is 2.11. The van der Waals surface area contributed by atoms with Crippen molar-refractivity contribution < 1.29 is 9.53 Å². The third-order valence-electron chi connectivity index (χ3n) is 3.11. The number of hydrogen-bond donors (Lipinski definition) is 1. The fourth-order valence-corrected chi connectivity index (χ4v) is 1.77. The summed E-state index contributed by atoms with van der Waals surface area (Å²) < 4.78 is 4.85. The highest BCUT2D eigenvalue weighted by atomic mass is 16.5. The van der Waals surface area contributed by atoms with E-state index >= 15 is 0 Å². The molecule has 0 aliphatic carbocycles. The Bertz CT molecular complexity index is 221. The van der Waals surface area contributed by atoms with E-state index < -0.39 is 5.54 Å². The SMILES string of the molecule is CCNC(C)(CN(C)C(C)CC)C(=O)OC. The molecule has 0 amide bonds. The van der Waals surface area contributed by atoms with Crippen LogP contribution in [0, 0.1) is 0 Å². The number of likely N-dealkylation sites (N-methyl/N-ethyl adjacent to an activating group) is 2. The maximum Gasteiger partial charge on any atom is 0.327 e. The van der Waals surface area contributed by atoms with Crippen LogP contribution in [0.4, 0.5) is 0 Å². The van der Waals surface area contributed by atoms with Crippen LogP contribution in [-0.4, -0.2) is 49.7 Å². The van der Waals surface area contributed by atoms with E-state index in [9.17, 15) is 4.79 Å². The second kappa shape index (κ2) is 6.86. The Morgan fingerprint density at radius 2 is 2.06 bits per heavy atom. The van der Waals surface area contributed by atoms with Gasteiger partial charge in [-0.3, -0.25) is 4.79 Å². The molecule has 0 aliphatic heterocycles. The van der Waals surface area contributed by atoms with Crippen molar-refractivity contribution >= 4 is 5.97 Å². The molecule has 16 heavy (non-hydrogen) atoms. The normalized spacial score (nSPS) is 16.9. The lowest BCUT2D eigenvalue weighted by molar-refractivity contribution is -0.148. The molecule has 0 bridgehead atoms. The zero-order chi connectivity index (χ0) is 12.8. The van der Waals surface area contributed by atoms with Crippen molar-refractivity contribution in [1.29, 1.82) is 0 Å². The van der Waals surface area contributed by atoms with Crippen molar-refractivity contribution in [2.45, 2.75) is 45.7 Å². The highest BCUT2D eigenvalue weighted by Gasteiger charge is 2.35. The van der Waals surface area contributed by atoms with E-state index in [1.54, 1.807) is 0 Å². The van der Waals surface area contributed by atoms with Gasteiger partial charge in [-0.1, -0.05) is 13.8 Å². The van der Waals surface area contributed by atoms with Crippen LogP contribution in [0.15, 0.2) is 0 Å². The van der Waals surface area contributed by atoms with Gasteiger partial charge in [-0.15, -0.1) is 0 Å². The molecule has 0 aromatic rings. The van der Waals surface area contributed by atoms with Gasteiger partial charge in [0, 0.05) is 12.6 Å². The summed E-state index contributed by atoms with van der Waals surface area (Å²) in [5, 5.41) is 3.20. The molecule has 0 saturated heterocycles. The second-order valence-electron chi connectivity index (χ2n) is 4.53. The first-order valence-corrected chi connectivity index (χ1v) is 5.95. The van der Waals surface area contributed by atoms with Crippen LogP contribution >= 0.6 is 0 Å². The minimum atomic E-state index is -0.623. The number of carbonyl (C=O) groups excluding carboxylic acids is 1. The summed E-state index contributed by atoms with van der Waals surface area (Å²) in [4.78, 5) is 13.9. The van der Waals surface area contributed by atoms with Crippen molar-refractivity contribution in [1.82, 2.24) is 10.2 Å². The summed E-state index contributed by atoms with van der Waals surface area (Å²) in [5.74, 6) is -0.204. The zero-order valence-electron chi connectivity index (χ0n) is 11.5. The van der Waals surface area contributed by atoms with Gasteiger partial charge in [0.1, 0.15) is 5.54 Å². The van der Waals surface area contributed by atoms with Crippen molar-refractivity contribution in [3.63, 3.8) is 0 Å². The van der Waals surface area contributed by atoms with Crippen molar-refractivity contribution in [3.8, 4) is 0 Å². The number of nitrogens with one attached hydrogen (secondary N) is 1. The van der Waals surface area contributed by atoms with Gasteiger partial charge in [-0.25, -0.2) is 0 Å². The Labute approximate surface area is 99.3 Å². The molecule has 2 unspecified atom stereocenters. The predicted molar refractivity (Wildman–Crippen MR) is 66.5 cm³/mol. The summed E-state index contributed by atoms with van der Waals surface area (Å²) in [6.45, 7) is 9.58. The van der Waals surface area contributed by atoms with Crippen molar-refractivity contribution in [2.75, 3.05) is 27.2 Å². The molecule has 0 heterocycles. The number of esters is 1. The quantitative estimate of drug-likeness (QED) is 0.669. The summed E-state index contributed by atoms with van der Waals surface area (Å²) in [6.07, 6.45) is 1.07. The third kappa shape index (κ3) is 4.10. The predicted octanol–water partition coefficient (Wildman–Crippen LogP) is 1.26. The van der Waals surface area contributed by atoms with E-state index in [0.29, 0.717) is 12.6 Å². The van der Waals surface area contributed by atoms with Gasteiger partial charge < -0.3 is 15.0 Å². The molecule has 0 aromatic heterocycles. The maximum absolute atomic E-state index is 11.8. The van der Waals surface area contributed by atoms with Crippen LogP contribution in [0.3, 0.4) is 0 Å². The Hall–Kier alpha value is -0.610. The van der Waals surface area contributed by atoms with Gasteiger partial charge >= 0.3 is 5.97 Å². The summed E-state index contributed by atoms with van der Waals surface area (Å²) >= 11 is 0. The Balaban J connectivity index is 4.60. The second-order valence-corrected chi connectivity index (χ2v) is 4.53. The number of rotatable bonds is 7. The third-order valence-corrected chi connectivity index (χ3v) is 3.11. The Morgan fingerprint density at radius 3 is 2.44 bits per heavy atom. The van der Waals surface area contributed by atoms with Gasteiger partial charge in [-0.2, -0.15) is 0 Å². The molecule has 96 valence electrons.